The van der Waals surface area contributed by atoms with Gasteiger partial charge in [-0.25, -0.2) is 0 Å². The average Bonchev–Trinajstić information content (AvgIpc) is 3.03. The second-order valence-corrected chi connectivity index (χ2v) is 9.29. The number of carboxylic acids is 1. The maximum absolute atomic E-state index is 13.0. The number of imide groups is 1. The van der Waals surface area contributed by atoms with Crippen molar-refractivity contribution in [2.24, 2.45) is 5.92 Å². The second-order valence-electron chi connectivity index (χ2n) is 9.29. The number of carbonyl (C=O) groups is 4. The molecule has 1 saturated carbocycles. The van der Waals surface area contributed by atoms with Gasteiger partial charge in [-0.3, -0.25) is 24.5 Å². The van der Waals surface area contributed by atoms with Crippen molar-refractivity contribution in [1.82, 2.24) is 15.1 Å². The number of fused-ring (bicyclic) bond motifs is 1. The van der Waals surface area contributed by atoms with E-state index < -0.39 is 12.0 Å². The Morgan fingerprint density at radius 3 is 2.48 bits per heavy atom. The van der Waals surface area contributed by atoms with Crippen molar-refractivity contribution in [2.75, 3.05) is 13.1 Å². The van der Waals surface area contributed by atoms with Gasteiger partial charge in [-0.1, -0.05) is 12.1 Å². The van der Waals surface area contributed by atoms with E-state index in [0.717, 1.165) is 49.9 Å². The molecule has 3 amide bonds. The highest BCUT2D eigenvalue weighted by Gasteiger charge is 2.41. The van der Waals surface area contributed by atoms with E-state index in [0.29, 0.717) is 30.5 Å². The Balaban J connectivity index is 1.22. The maximum Gasteiger partial charge on any atom is 0.306 e. The van der Waals surface area contributed by atoms with E-state index in [1.165, 1.54) is 0 Å². The Kier molecular flexibility index (Phi) is 5.04. The molecule has 1 atom stereocenters. The van der Waals surface area contributed by atoms with Crippen molar-refractivity contribution in [3.05, 3.63) is 34.9 Å². The Morgan fingerprint density at radius 2 is 1.81 bits per heavy atom. The SMILES string of the molecule is O=C1CCC(N2Cc3ccc(C4CCN(C5CC(C(=O)O)C5)CC4)cc3C2=O)C(=O)N1. The van der Waals surface area contributed by atoms with E-state index in [-0.39, 0.29) is 30.1 Å². The lowest BCUT2D eigenvalue weighted by atomic mass is 9.78. The number of benzene rings is 1. The zero-order valence-corrected chi connectivity index (χ0v) is 17.4. The van der Waals surface area contributed by atoms with E-state index >= 15 is 0 Å². The highest BCUT2D eigenvalue weighted by molar-refractivity contribution is 6.05. The summed E-state index contributed by atoms with van der Waals surface area (Å²) in [5.41, 5.74) is 2.77. The molecule has 0 aromatic heterocycles. The molecule has 0 radical (unpaired) electrons. The monoisotopic (exact) mass is 425 g/mol. The number of nitrogens with one attached hydrogen (secondary N) is 1. The molecule has 3 heterocycles. The van der Waals surface area contributed by atoms with Crippen LogP contribution in [-0.2, 0) is 20.9 Å². The quantitative estimate of drug-likeness (QED) is 0.708. The van der Waals surface area contributed by atoms with Crippen LogP contribution in [0, 0.1) is 5.92 Å². The molecule has 164 valence electrons. The van der Waals surface area contributed by atoms with Crippen LogP contribution in [0.25, 0.3) is 0 Å². The van der Waals surface area contributed by atoms with E-state index in [1.807, 2.05) is 12.1 Å². The first-order valence-electron chi connectivity index (χ1n) is 11.1. The molecule has 1 aromatic rings. The summed E-state index contributed by atoms with van der Waals surface area (Å²) >= 11 is 0. The minimum absolute atomic E-state index is 0.127. The van der Waals surface area contributed by atoms with Gasteiger partial charge in [0, 0.05) is 24.6 Å². The zero-order chi connectivity index (χ0) is 21.7. The number of hydrogen-bond donors (Lipinski definition) is 2. The van der Waals surface area contributed by atoms with E-state index in [2.05, 4.69) is 16.3 Å². The van der Waals surface area contributed by atoms with Gasteiger partial charge in [0.2, 0.25) is 11.8 Å². The fourth-order valence-electron chi connectivity index (χ4n) is 5.51. The third-order valence-corrected chi connectivity index (χ3v) is 7.53. The molecule has 8 heteroatoms. The summed E-state index contributed by atoms with van der Waals surface area (Å²) in [6.07, 6.45) is 4.14. The van der Waals surface area contributed by atoms with Crippen LogP contribution in [-0.4, -0.2) is 63.8 Å². The first-order valence-corrected chi connectivity index (χ1v) is 11.1. The third kappa shape index (κ3) is 3.63. The Bertz CT molecular complexity index is 947. The molecular formula is C23H27N3O5. The van der Waals surface area contributed by atoms with Crippen molar-refractivity contribution in [2.45, 2.75) is 63.1 Å². The minimum Gasteiger partial charge on any atom is -0.481 e. The molecule has 31 heavy (non-hydrogen) atoms. The predicted octanol–water partition coefficient (Wildman–Crippen LogP) is 1.49. The highest BCUT2D eigenvalue weighted by atomic mass is 16.4. The number of carboxylic acid groups (broad SMARTS) is 1. The van der Waals surface area contributed by atoms with Crippen LogP contribution < -0.4 is 5.32 Å². The van der Waals surface area contributed by atoms with Gasteiger partial charge < -0.3 is 14.9 Å². The molecule has 0 bridgehead atoms. The van der Waals surface area contributed by atoms with Crippen LogP contribution in [0.4, 0.5) is 0 Å². The molecular weight excluding hydrogens is 398 g/mol. The maximum atomic E-state index is 13.0. The van der Waals surface area contributed by atoms with Gasteiger partial charge in [-0.05, 0) is 68.3 Å². The third-order valence-electron chi connectivity index (χ3n) is 7.53. The van der Waals surface area contributed by atoms with Gasteiger partial charge in [-0.2, -0.15) is 0 Å². The molecule has 1 unspecified atom stereocenters. The lowest BCUT2D eigenvalue weighted by Gasteiger charge is -2.44. The summed E-state index contributed by atoms with van der Waals surface area (Å²) in [5, 5.41) is 11.4. The smallest absolute Gasteiger partial charge is 0.306 e. The zero-order valence-electron chi connectivity index (χ0n) is 17.4. The first kappa shape index (κ1) is 20.2. The average molecular weight is 425 g/mol. The summed E-state index contributed by atoms with van der Waals surface area (Å²) in [7, 11) is 0. The van der Waals surface area contributed by atoms with Crippen molar-refractivity contribution in [3.8, 4) is 0 Å². The van der Waals surface area contributed by atoms with Crippen molar-refractivity contribution >= 4 is 23.7 Å². The van der Waals surface area contributed by atoms with Crippen LogP contribution in [0.2, 0.25) is 0 Å². The molecule has 2 saturated heterocycles. The number of carbonyl (C=O) groups excluding carboxylic acids is 3. The van der Waals surface area contributed by atoms with Crippen molar-refractivity contribution < 1.29 is 24.3 Å². The Morgan fingerprint density at radius 1 is 1.06 bits per heavy atom. The molecule has 0 spiro atoms. The lowest BCUT2D eigenvalue weighted by molar-refractivity contribution is -0.147. The summed E-state index contributed by atoms with van der Waals surface area (Å²) in [4.78, 5) is 51.7. The molecule has 3 fully saturated rings. The molecule has 3 aliphatic heterocycles. The predicted molar refractivity (Wildman–Crippen MR) is 110 cm³/mol. The number of rotatable bonds is 4. The lowest BCUT2D eigenvalue weighted by Crippen LogP contribution is -2.52. The summed E-state index contributed by atoms with van der Waals surface area (Å²) < 4.78 is 0. The fourth-order valence-corrected chi connectivity index (χ4v) is 5.51. The van der Waals surface area contributed by atoms with Crippen LogP contribution in [0.15, 0.2) is 18.2 Å². The van der Waals surface area contributed by atoms with Crippen LogP contribution in [0.1, 0.15) is 65.9 Å². The number of hydrogen-bond acceptors (Lipinski definition) is 5. The van der Waals surface area contributed by atoms with Gasteiger partial charge >= 0.3 is 5.97 Å². The molecule has 4 aliphatic rings. The first-order chi connectivity index (χ1) is 14.9. The normalized spacial score (nSPS) is 29.5. The minimum atomic E-state index is -0.680. The second kappa shape index (κ2) is 7.75. The van der Waals surface area contributed by atoms with Gasteiger partial charge in [-0.15, -0.1) is 0 Å². The standard InChI is InChI=1S/C23H27N3O5/c27-20-4-3-19(21(28)24-20)26-12-15-2-1-14(11-18(15)22(26)29)13-5-7-25(8-6-13)17-9-16(10-17)23(30)31/h1-2,11,13,16-17,19H,3-10,12H2,(H,30,31)(H,24,27,28). The molecule has 1 aliphatic carbocycles. The summed E-state index contributed by atoms with van der Waals surface area (Å²) in [5.74, 6) is -1.27. The van der Waals surface area contributed by atoms with Gasteiger partial charge in [0.15, 0.2) is 0 Å². The van der Waals surface area contributed by atoms with Gasteiger partial charge in [0.1, 0.15) is 6.04 Å². The Hall–Kier alpha value is -2.74. The van der Waals surface area contributed by atoms with Crippen LogP contribution in [0.3, 0.4) is 0 Å². The van der Waals surface area contributed by atoms with E-state index in [9.17, 15) is 19.2 Å². The van der Waals surface area contributed by atoms with Crippen LogP contribution in [0.5, 0.6) is 0 Å². The van der Waals surface area contributed by atoms with E-state index in [1.54, 1.807) is 4.90 Å². The number of likely N-dealkylation sites (tertiary alicyclic amines) is 1. The summed E-state index contributed by atoms with van der Waals surface area (Å²) in [6, 6.07) is 5.91. The molecule has 8 nitrogen and oxygen atoms in total. The number of amides is 3. The fraction of sp³-hybridized carbons (Fsp3) is 0.565. The topological polar surface area (TPSA) is 107 Å². The highest BCUT2D eigenvalue weighted by Crippen LogP contribution is 2.37. The Labute approximate surface area is 180 Å². The van der Waals surface area contributed by atoms with Crippen molar-refractivity contribution in [1.29, 1.82) is 0 Å². The number of nitrogens with zero attached hydrogens (tertiary/aromatic N) is 2. The van der Waals surface area contributed by atoms with Crippen LogP contribution >= 0.6 is 0 Å². The number of piperidine rings is 2. The molecule has 1 aromatic carbocycles. The molecule has 2 N–H and O–H groups in total. The number of aliphatic carboxylic acids is 1. The molecule has 5 rings (SSSR count). The van der Waals surface area contributed by atoms with Gasteiger partial charge in [0.05, 0.1) is 5.92 Å². The summed E-state index contributed by atoms with van der Waals surface area (Å²) in [6.45, 7) is 2.32. The largest absolute Gasteiger partial charge is 0.481 e. The van der Waals surface area contributed by atoms with Crippen molar-refractivity contribution in [3.63, 3.8) is 0 Å². The van der Waals surface area contributed by atoms with Gasteiger partial charge in [0.25, 0.3) is 5.91 Å². The van der Waals surface area contributed by atoms with E-state index in [4.69, 9.17) is 5.11 Å².